The van der Waals surface area contributed by atoms with Gasteiger partial charge in [-0.15, -0.1) is 0 Å². The van der Waals surface area contributed by atoms with Crippen molar-refractivity contribution < 1.29 is 9.53 Å². The zero-order chi connectivity index (χ0) is 19.1. The van der Waals surface area contributed by atoms with Crippen LogP contribution in [-0.4, -0.2) is 29.9 Å². The summed E-state index contributed by atoms with van der Waals surface area (Å²) in [5, 5.41) is 0. The van der Waals surface area contributed by atoms with Gasteiger partial charge in [-0.05, 0) is 77.8 Å². The lowest BCUT2D eigenvalue weighted by Gasteiger charge is -2.38. The molecule has 1 aromatic carbocycles. The number of ether oxygens (including phenoxy) is 1. The monoisotopic (exact) mass is 369 g/mol. The summed E-state index contributed by atoms with van der Waals surface area (Å²) in [6, 6.07) is 4.41. The zero-order valence-corrected chi connectivity index (χ0v) is 16.7. The van der Waals surface area contributed by atoms with Crippen LogP contribution in [0.2, 0.25) is 0 Å². The maximum absolute atomic E-state index is 12.9. The van der Waals surface area contributed by atoms with Crippen LogP contribution in [0, 0.1) is 5.92 Å². The van der Waals surface area contributed by atoms with Gasteiger partial charge in [0.25, 0.3) is 0 Å². The van der Waals surface area contributed by atoms with E-state index in [1.165, 1.54) is 6.42 Å². The van der Waals surface area contributed by atoms with Gasteiger partial charge in [0.15, 0.2) is 0 Å². The second-order valence-corrected chi connectivity index (χ2v) is 8.59. The summed E-state index contributed by atoms with van der Waals surface area (Å²) in [4.78, 5) is 19.5. The number of hydrogen-bond donors (Lipinski definition) is 1. The summed E-state index contributed by atoms with van der Waals surface area (Å²) >= 11 is 0. The number of rotatable bonds is 5. The molecule has 0 aromatic heterocycles. The largest absolute Gasteiger partial charge is 0.489 e. The van der Waals surface area contributed by atoms with Crippen molar-refractivity contribution >= 4 is 17.4 Å². The molecule has 1 heterocycles. The highest BCUT2D eigenvalue weighted by molar-refractivity contribution is 6.03. The standard InChI is InChI=1S/C22H31N3O2/c1-13(2)24-21(23)18-11-12-19-17(20(18)27-16-5-4-6-16)10-7-14(3)25(19)22(26)15-8-9-15/h11-16H,4-10H2,1-3H3,(H2,23,24)/t14-/m0/s1. The van der Waals surface area contributed by atoms with Gasteiger partial charge in [-0.25, -0.2) is 0 Å². The Labute approximate surface area is 162 Å². The molecule has 0 unspecified atom stereocenters. The molecule has 0 spiro atoms. The average molecular weight is 370 g/mol. The summed E-state index contributed by atoms with van der Waals surface area (Å²) in [6.45, 7) is 6.20. The molecule has 0 saturated heterocycles. The van der Waals surface area contributed by atoms with Crippen molar-refractivity contribution in [3.05, 3.63) is 23.3 Å². The van der Waals surface area contributed by atoms with Crippen LogP contribution < -0.4 is 15.4 Å². The second-order valence-electron chi connectivity index (χ2n) is 8.59. The number of amidine groups is 1. The molecule has 1 atom stereocenters. The van der Waals surface area contributed by atoms with Crippen molar-refractivity contribution in [3.8, 4) is 5.75 Å². The summed E-state index contributed by atoms with van der Waals surface area (Å²) in [6.07, 6.45) is 7.57. The smallest absolute Gasteiger partial charge is 0.230 e. The first-order valence-electron chi connectivity index (χ1n) is 10.4. The normalized spacial score (nSPS) is 23.2. The van der Waals surface area contributed by atoms with Gasteiger partial charge in [0.1, 0.15) is 11.6 Å². The molecule has 2 N–H and O–H groups in total. The Morgan fingerprint density at radius 1 is 1.22 bits per heavy atom. The molecule has 1 amide bonds. The number of carbonyl (C=O) groups is 1. The van der Waals surface area contributed by atoms with Gasteiger partial charge in [-0.2, -0.15) is 0 Å². The predicted octanol–water partition coefficient (Wildman–Crippen LogP) is 3.81. The molecule has 2 fully saturated rings. The van der Waals surface area contributed by atoms with Crippen LogP contribution in [-0.2, 0) is 11.2 Å². The van der Waals surface area contributed by atoms with E-state index in [9.17, 15) is 4.79 Å². The van der Waals surface area contributed by atoms with E-state index in [0.29, 0.717) is 5.84 Å². The molecular formula is C22H31N3O2. The van der Waals surface area contributed by atoms with Crippen LogP contribution >= 0.6 is 0 Å². The second kappa shape index (κ2) is 7.17. The van der Waals surface area contributed by atoms with Crippen LogP contribution in [0.25, 0.3) is 0 Å². The van der Waals surface area contributed by atoms with E-state index in [2.05, 4.69) is 18.0 Å². The molecule has 1 aliphatic heterocycles. The molecule has 5 nitrogen and oxygen atoms in total. The van der Waals surface area contributed by atoms with Crippen LogP contribution in [0.15, 0.2) is 17.1 Å². The first-order chi connectivity index (χ1) is 13.0. The molecule has 146 valence electrons. The van der Waals surface area contributed by atoms with Gasteiger partial charge < -0.3 is 15.4 Å². The molecule has 4 rings (SSSR count). The number of fused-ring (bicyclic) bond motifs is 1. The van der Waals surface area contributed by atoms with E-state index < -0.39 is 0 Å². The van der Waals surface area contributed by atoms with Gasteiger partial charge in [0.05, 0.1) is 17.4 Å². The van der Waals surface area contributed by atoms with Crippen molar-refractivity contribution in [2.45, 2.75) is 83.9 Å². The Morgan fingerprint density at radius 3 is 2.56 bits per heavy atom. The van der Waals surface area contributed by atoms with Gasteiger partial charge in [-0.1, -0.05) is 0 Å². The summed E-state index contributed by atoms with van der Waals surface area (Å²) in [7, 11) is 0. The third-order valence-electron chi connectivity index (χ3n) is 5.92. The van der Waals surface area contributed by atoms with E-state index in [4.69, 9.17) is 10.5 Å². The predicted molar refractivity (Wildman–Crippen MR) is 109 cm³/mol. The lowest BCUT2D eigenvalue weighted by Crippen LogP contribution is -2.43. The van der Waals surface area contributed by atoms with Gasteiger partial charge in [0, 0.05) is 23.6 Å². The minimum atomic E-state index is 0.130. The van der Waals surface area contributed by atoms with E-state index in [1.807, 2.05) is 24.8 Å². The fraction of sp³-hybridized carbons (Fsp3) is 0.636. The number of nitrogens with zero attached hydrogens (tertiary/aromatic N) is 2. The van der Waals surface area contributed by atoms with E-state index in [0.717, 1.165) is 61.1 Å². The van der Waals surface area contributed by atoms with Crippen molar-refractivity contribution in [1.29, 1.82) is 0 Å². The SMILES string of the molecule is CC(C)N=C(N)c1ccc2c(c1OC1CCC1)CC[C@H](C)N2C(=O)C1CC1. The summed E-state index contributed by atoms with van der Waals surface area (Å²) < 4.78 is 6.42. The molecule has 2 aliphatic carbocycles. The lowest BCUT2D eigenvalue weighted by molar-refractivity contribution is -0.120. The molecule has 2 saturated carbocycles. The number of nitrogens with two attached hydrogens (primary N) is 1. The lowest BCUT2D eigenvalue weighted by atomic mass is 9.91. The maximum Gasteiger partial charge on any atom is 0.230 e. The third-order valence-corrected chi connectivity index (χ3v) is 5.92. The van der Waals surface area contributed by atoms with Crippen LogP contribution in [0.1, 0.15) is 70.4 Å². The van der Waals surface area contributed by atoms with Gasteiger partial charge >= 0.3 is 0 Å². The minimum Gasteiger partial charge on any atom is -0.489 e. The molecule has 0 radical (unpaired) electrons. The summed E-state index contributed by atoms with van der Waals surface area (Å²) in [5.41, 5.74) is 9.36. The number of benzene rings is 1. The number of carbonyl (C=O) groups excluding carboxylic acids is 1. The van der Waals surface area contributed by atoms with Crippen molar-refractivity contribution in [3.63, 3.8) is 0 Å². The van der Waals surface area contributed by atoms with Crippen molar-refractivity contribution in [2.75, 3.05) is 4.90 Å². The van der Waals surface area contributed by atoms with Crippen LogP contribution in [0.5, 0.6) is 5.75 Å². The fourth-order valence-electron chi connectivity index (χ4n) is 4.01. The number of anilines is 1. The quantitative estimate of drug-likeness (QED) is 0.634. The molecule has 5 heteroatoms. The third kappa shape index (κ3) is 3.56. The number of amides is 1. The van der Waals surface area contributed by atoms with Gasteiger partial charge in [0.2, 0.25) is 5.91 Å². The first kappa shape index (κ1) is 18.3. The highest BCUT2D eigenvalue weighted by atomic mass is 16.5. The van der Waals surface area contributed by atoms with Crippen molar-refractivity contribution in [1.82, 2.24) is 0 Å². The Kier molecular flexibility index (Phi) is 4.87. The fourth-order valence-corrected chi connectivity index (χ4v) is 4.01. The highest BCUT2D eigenvalue weighted by Crippen LogP contribution is 2.43. The average Bonchev–Trinajstić information content (AvgIpc) is 3.41. The first-order valence-corrected chi connectivity index (χ1v) is 10.4. The Balaban J connectivity index is 1.78. The molecular weight excluding hydrogens is 338 g/mol. The molecule has 1 aromatic rings. The topological polar surface area (TPSA) is 67.9 Å². The number of aliphatic imine (C=N–C) groups is 1. The molecule has 3 aliphatic rings. The van der Waals surface area contributed by atoms with E-state index in [1.54, 1.807) is 0 Å². The van der Waals surface area contributed by atoms with E-state index >= 15 is 0 Å². The van der Waals surface area contributed by atoms with Crippen molar-refractivity contribution in [2.24, 2.45) is 16.6 Å². The van der Waals surface area contributed by atoms with E-state index in [-0.39, 0.29) is 30.0 Å². The Hall–Kier alpha value is -2.04. The van der Waals surface area contributed by atoms with Crippen LogP contribution in [0.4, 0.5) is 5.69 Å². The minimum absolute atomic E-state index is 0.130. The summed E-state index contributed by atoms with van der Waals surface area (Å²) in [5.74, 6) is 1.87. The van der Waals surface area contributed by atoms with Gasteiger partial charge in [-0.3, -0.25) is 9.79 Å². The Bertz CT molecular complexity index is 763. The Morgan fingerprint density at radius 2 is 1.96 bits per heavy atom. The highest BCUT2D eigenvalue weighted by Gasteiger charge is 2.39. The maximum atomic E-state index is 12.9. The molecule has 27 heavy (non-hydrogen) atoms. The number of hydrogen-bond acceptors (Lipinski definition) is 3. The van der Waals surface area contributed by atoms with Crippen LogP contribution in [0.3, 0.4) is 0 Å². The molecule has 0 bridgehead atoms. The zero-order valence-electron chi connectivity index (χ0n) is 16.7.